The average molecular weight is 1100 g/mol. The summed E-state index contributed by atoms with van der Waals surface area (Å²) in [7, 11) is -8.10. The first kappa shape index (κ1) is 55.1. The minimum absolute atomic E-state index is 0.0250. The zero-order valence-electron chi connectivity index (χ0n) is 39.6. The molecule has 28 heteroatoms. The maximum atomic E-state index is 15.1. The Hall–Kier alpha value is -6.14. The Morgan fingerprint density at radius 1 is 0.613 bits per heavy atom. The maximum absolute atomic E-state index is 15.1. The number of rotatable bonds is 16. The highest BCUT2D eigenvalue weighted by Gasteiger charge is 2.41. The molecule has 1 N–H and O–H groups in total. The summed E-state index contributed by atoms with van der Waals surface area (Å²) in [5.74, 6) is -7.00. The lowest BCUT2D eigenvalue weighted by Crippen LogP contribution is -2.59. The summed E-state index contributed by atoms with van der Waals surface area (Å²) in [6, 6.07) is 23.8. The van der Waals surface area contributed by atoms with Crippen molar-refractivity contribution in [2.75, 3.05) is 93.9 Å². The molecule has 5 aromatic rings. The summed E-state index contributed by atoms with van der Waals surface area (Å²) in [4.78, 5) is 27.5. The van der Waals surface area contributed by atoms with E-state index in [-0.39, 0.29) is 67.6 Å². The Labute approximate surface area is 425 Å². The zero-order valence-corrected chi connectivity index (χ0v) is 41.2. The van der Waals surface area contributed by atoms with Crippen LogP contribution in [0.4, 0.5) is 46.5 Å². The molecule has 4 saturated heterocycles. The fraction of sp³-hybridized carbons (Fsp3) is 0.404. The molecule has 0 bridgehead atoms. The minimum atomic E-state index is -5.15. The molecule has 4 aromatic carbocycles. The van der Waals surface area contributed by atoms with Gasteiger partial charge in [-0.2, -0.15) is 51.8 Å². The molecule has 1 aromatic heterocycles. The van der Waals surface area contributed by atoms with Crippen molar-refractivity contribution in [1.29, 1.82) is 0 Å². The van der Waals surface area contributed by atoms with Crippen LogP contribution in [0.3, 0.4) is 0 Å². The molecule has 75 heavy (non-hydrogen) atoms. The largest absolute Gasteiger partial charge is 0.471 e. The van der Waals surface area contributed by atoms with Gasteiger partial charge in [0.25, 0.3) is 0 Å². The van der Waals surface area contributed by atoms with Gasteiger partial charge in [-0.25, -0.2) is 8.78 Å². The molecule has 5 heterocycles. The first-order valence-electron chi connectivity index (χ1n) is 23.2. The predicted octanol–water partition coefficient (Wildman–Crippen LogP) is 5.12. The van der Waals surface area contributed by atoms with Crippen molar-refractivity contribution in [3.05, 3.63) is 131 Å². The molecular formula is C47H49F8N9O9S2. The number of nitrogens with one attached hydrogen (secondary N) is 1. The molecular weight excluding hydrogens is 1050 g/mol. The molecule has 4 fully saturated rings. The van der Waals surface area contributed by atoms with Crippen LogP contribution in [0.1, 0.15) is 27.4 Å². The van der Waals surface area contributed by atoms with Gasteiger partial charge in [0.05, 0.1) is 69.5 Å². The van der Waals surface area contributed by atoms with Crippen LogP contribution in [0, 0.1) is 11.6 Å². The third-order valence-corrected chi connectivity index (χ3v) is 16.6. The molecule has 0 radical (unpaired) electrons. The Morgan fingerprint density at radius 3 is 1.45 bits per heavy atom. The fourth-order valence-corrected chi connectivity index (χ4v) is 11.5. The summed E-state index contributed by atoms with van der Waals surface area (Å²) in [6.07, 6.45) is -9.98. The maximum Gasteiger partial charge on any atom is 0.471 e. The highest BCUT2D eigenvalue weighted by molar-refractivity contribution is 7.90. The van der Waals surface area contributed by atoms with Gasteiger partial charge in [0.15, 0.2) is 5.78 Å². The van der Waals surface area contributed by atoms with Crippen LogP contribution in [0.25, 0.3) is 11.5 Å². The number of amides is 1. The molecule has 0 saturated carbocycles. The van der Waals surface area contributed by atoms with Gasteiger partial charge in [-0.1, -0.05) is 54.6 Å². The number of ether oxygens (including phenoxy) is 2. The van der Waals surface area contributed by atoms with Gasteiger partial charge in [0.1, 0.15) is 11.6 Å². The molecule has 0 aliphatic carbocycles. The van der Waals surface area contributed by atoms with E-state index in [1.807, 2.05) is 0 Å². The predicted molar refractivity (Wildman–Crippen MR) is 253 cm³/mol. The van der Waals surface area contributed by atoms with Gasteiger partial charge in [-0.05, 0) is 42.5 Å². The highest BCUT2D eigenvalue weighted by atomic mass is 32.2. The van der Waals surface area contributed by atoms with E-state index in [0.29, 0.717) is 70.0 Å². The molecule has 404 valence electrons. The highest BCUT2D eigenvalue weighted by Crippen LogP contribution is 2.33. The summed E-state index contributed by atoms with van der Waals surface area (Å²) in [5, 5.41) is 7.72. The van der Waals surface area contributed by atoms with E-state index in [0.717, 1.165) is 20.7 Å². The van der Waals surface area contributed by atoms with E-state index in [1.54, 1.807) is 60.7 Å². The number of piperazine rings is 2. The van der Waals surface area contributed by atoms with E-state index < -0.39 is 74.4 Å². The number of nitrogens with zero attached hydrogens (tertiary/aromatic N) is 8. The van der Waals surface area contributed by atoms with Crippen molar-refractivity contribution in [3.8, 4) is 11.5 Å². The van der Waals surface area contributed by atoms with Crippen molar-refractivity contribution in [2.24, 2.45) is 0 Å². The first-order chi connectivity index (χ1) is 35.6. The fourth-order valence-electron chi connectivity index (χ4n) is 8.33. The van der Waals surface area contributed by atoms with Crippen molar-refractivity contribution in [1.82, 2.24) is 33.9 Å². The molecule has 4 aliphatic rings. The number of hydrogen-bond donors (Lipinski definition) is 1. The van der Waals surface area contributed by atoms with Crippen LogP contribution in [0.5, 0.6) is 0 Å². The van der Waals surface area contributed by atoms with Crippen molar-refractivity contribution in [2.45, 2.75) is 37.5 Å². The third-order valence-electron chi connectivity index (χ3n) is 12.8. The van der Waals surface area contributed by atoms with Crippen molar-refractivity contribution in [3.63, 3.8) is 0 Å². The Morgan fingerprint density at radius 2 is 1.07 bits per heavy atom. The molecule has 0 unspecified atom stereocenters. The number of benzene rings is 4. The number of aromatic nitrogens is 2. The Bertz CT molecular complexity index is 3010. The number of anilines is 2. The van der Waals surface area contributed by atoms with Crippen LogP contribution < -0.4 is 13.9 Å². The van der Waals surface area contributed by atoms with Gasteiger partial charge >= 0.3 is 44.6 Å². The monoisotopic (exact) mass is 1100 g/mol. The molecule has 1 amide bonds. The smallest absolute Gasteiger partial charge is 0.413 e. The third kappa shape index (κ3) is 13.1. The summed E-state index contributed by atoms with van der Waals surface area (Å²) >= 11 is 0. The van der Waals surface area contributed by atoms with Crippen LogP contribution in [0.2, 0.25) is 0 Å². The zero-order chi connectivity index (χ0) is 53.7. The Balaban J connectivity index is 0.000000199. The normalized spacial score (nSPS) is 17.8. The molecule has 0 spiro atoms. The van der Waals surface area contributed by atoms with Crippen LogP contribution in [0.15, 0.2) is 101 Å². The number of Topliss-reactive ketones (excluding diaryl/α,β-unsaturated/α-hetero) is 1. The number of hydrogen-bond acceptors (Lipinski definition) is 13. The number of para-hydroxylation sites is 2. The van der Waals surface area contributed by atoms with Crippen LogP contribution >= 0.6 is 0 Å². The topological polar surface area (TPSA) is 191 Å². The lowest BCUT2D eigenvalue weighted by Gasteiger charge is -2.43. The lowest BCUT2D eigenvalue weighted by atomic mass is 10.1. The summed E-state index contributed by atoms with van der Waals surface area (Å²) in [6.45, 7) is 4.09. The van der Waals surface area contributed by atoms with E-state index in [2.05, 4.69) is 24.4 Å². The summed E-state index contributed by atoms with van der Waals surface area (Å²) < 4.78 is 180. The first-order valence-corrected chi connectivity index (χ1v) is 26.0. The van der Waals surface area contributed by atoms with E-state index in [4.69, 9.17) is 9.47 Å². The van der Waals surface area contributed by atoms with Crippen molar-refractivity contribution >= 4 is 43.5 Å². The second-order valence-electron chi connectivity index (χ2n) is 17.6. The van der Waals surface area contributed by atoms with E-state index in [9.17, 15) is 52.8 Å². The van der Waals surface area contributed by atoms with Gasteiger partial charge in [-0.3, -0.25) is 28.0 Å². The van der Waals surface area contributed by atoms with E-state index >= 15 is 8.78 Å². The number of carbonyl (C=O) groups excluding carboxylic acids is 2. The van der Waals surface area contributed by atoms with Crippen LogP contribution in [-0.4, -0.2) is 161 Å². The number of ketones is 1. The SMILES string of the molecule is O=C(CNC(=O)C(F)(F)F)c1ccc(CN(c2ccccc2)S(=O)(=O)N2CCN(C3COC3)CC2)c(F)c1.O=S(=O)(N1CCN(C2COC2)CC1)N(Cc1ccc(-c2nnc(C(F)(F)F)o2)cc1F)c1ccccc1. The molecule has 9 rings (SSSR count). The number of halogens is 8. The lowest BCUT2D eigenvalue weighted by molar-refractivity contribution is -0.173. The van der Waals surface area contributed by atoms with Gasteiger partial charge in [0, 0.05) is 74.6 Å². The number of carbonyl (C=O) groups is 2. The minimum Gasteiger partial charge on any atom is -0.413 e. The molecule has 18 nitrogen and oxygen atoms in total. The molecule has 4 aliphatic heterocycles. The Kier molecular flexibility index (Phi) is 16.9. The van der Waals surface area contributed by atoms with Gasteiger partial charge < -0.3 is 19.2 Å². The molecule has 0 atom stereocenters. The summed E-state index contributed by atoms with van der Waals surface area (Å²) in [5.41, 5.74) is 0.327. The van der Waals surface area contributed by atoms with Gasteiger partial charge in [-0.15, -0.1) is 10.2 Å². The second kappa shape index (κ2) is 23.0. The second-order valence-corrected chi connectivity index (χ2v) is 21.3. The quantitative estimate of drug-likeness (QED) is 0.101. The number of alkyl halides is 6. The van der Waals surface area contributed by atoms with Crippen molar-refractivity contribution < 1.29 is 75.4 Å². The van der Waals surface area contributed by atoms with Crippen LogP contribution in [-0.2, 0) is 54.0 Å². The average Bonchev–Trinajstić information content (AvgIpc) is 3.86. The van der Waals surface area contributed by atoms with E-state index in [1.165, 1.54) is 38.2 Å². The van der Waals surface area contributed by atoms with Gasteiger partial charge in [0.2, 0.25) is 5.89 Å². The standard InChI is InChI=1S/C24H26F4N4O5S.C23H23F4N5O4S/c25-21-12-17(22(33)13-29-23(34)24(26,27)28)6-7-18(21)14-32(19-4-2-1-3-5-19)38(35,36)31-10-8-30(9-11-31)20-15-37-16-20;24-20-12-16(21-28-29-22(36-21)23(25,26)27)6-7-17(20)13-32(18-4-2-1-3-5-18)37(33,34)31-10-8-30(9-11-31)19-14-35-15-19/h1-7,12,20H,8-11,13-16H2,(H,29,34);1-7,12,19H,8-11,13-15H2.